The predicted octanol–water partition coefficient (Wildman–Crippen LogP) is 2.78. The minimum absolute atomic E-state index is 0.163. The number of hydrogen-bond acceptors (Lipinski definition) is 6. The van der Waals surface area contributed by atoms with Crippen molar-refractivity contribution in [3.8, 4) is 23.3 Å². The maximum atomic E-state index is 8.80. The van der Waals surface area contributed by atoms with Crippen LogP contribution in [-0.4, -0.2) is 10.1 Å². The molecule has 0 aliphatic heterocycles. The standard InChI is InChI=1S/C14H9N3O3/c15-7-10-2-1-3-12(6-10)19-9-13-16-14(20-17-13)11-4-5-18-8-11/h1-6,8H,9H2. The zero-order valence-corrected chi connectivity index (χ0v) is 10.3. The molecule has 3 aromatic rings. The van der Waals surface area contributed by atoms with E-state index in [1.165, 1.54) is 12.5 Å². The average Bonchev–Trinajstić information content (AvgIpc) is 3.16. The first-order valence-corrected chi connectivity index (χ1v) is 5.83. The van der Waals surface area contributed by atoms with E-state index in [1.807, 2.05) is 6.07 Å². The molecular formula is C14H9N3O3. The van der Waals surface area contributed by atoms with E-state index in [-0.39, 0.29) is 6.61 Å². The molecule has 0 fully saturated rings. The van der Waals surface area contributed by atoms with E-state index in [9.17, 15) is 0 Å². The quantitative estimate of drug-likeness (QED) is 0.722. The molecule has 2 aromatic heterocycles. The van der Waals surface area contributed by atoms with E-state index in [4.69, 9.17) is 18.9 Å². The van der Waals surface area contributed by atoms with Crippen molar-refractivity contribution in [3.05, 3.63) is 54.2 Å². The van der Waals surface area contributed by atoms with Gasteiger partial charge in [-0.05, 0) is 24.3 Å². The fourth-order valence-electron chi connectivity index (χ4n) is 1.62. The zero-order chi connectivity index (χ0) is 13.8. The van der Waals surface area contributed by atoms with Gasteiger partial charge in [-0.2, -0.15) is 10.2 Å². The van der Waals surface area contributed by atoms with Crippen molar-refractivity contribution in [2.45, 2.75) is 6.61 Å². The maximum absolute atomic E-state index is 8.80. The van der Waals surface area contributed by atoms with Gasteiger partial charge in [-0.15, -0.1) is 0 Å². The molecule has 0 N–H and O–H groups in total. The highest BCUT2D eigenvalue weighted by Gasteiger charge is 2.10. The Labute approximate surface area is 114 Å². The van der Waals surface area contributed by atoms with Crippen LogP contribution >= 0.6 is 0 Å². The second kappa shape index (κ2) is 5.28. The van der Waals surface area contributed by atoms with Crippen LogP contribution in [-0.2, 0) is 6.61 Å². The predicted molar refractivity (Wildman–Crippen MR) is 67.5 cm³/mol. The van der Waals surface area contributed by atoms with Crippen LogP contribution in [0, 0.1) is 11.3 Å². The van der Waals surface area contributed by atoms with Crippen LogP contribution in [0.25, 0.3) is 11.5 Å². The number of benzene rings is 1. The molecule has 98 valence electrons. The smallest absolute Gasteiger partial charge is 0.261 e. The van der Waals surface area contributed by atoms with E-state index >= 15 is 0 Å². The van der Waals surface area contributed by atoms with Crippen molar-refractivity contribution in [3.63, 3.8) is 0 Å². The highest BCUT2D eigenvalue weighted by atomic mass is 16.5. The Kier molecular flexibility index (Phi) is 3.17. The van der Waals surface area contributed by atoms with E-state index in [0.29, 0.717) is 23.0 Å². The van der Waals surface area contributed by atoms with Gasteiger partial charge in [0, 0.05) is 0 Å². The summed E-state index contributed by atoms with van der Waals surface area (Å²) in [5.41, 5.74) is 1.25. The number of hydrogen-bond donors (Lipinski definition) is 0. The topological polar surface area (TPSA) is 85.1 Å². The van der Waals surface area contributed by atoms with Gasteiger partial charge in [0.15, 0.2) is 6.61 Å². The summed E-state index contributed by atoms with van der Waals surface area (Å²) >= 11 is 0. The Morgan fingerprint density at radius 2 is 2.25 bits per heavy atom. The summed E-state index contributed by atoms with van der Waals surface area (Å²) in [6.07, 6.45) is 3.05. The second-order valence-electron chi connectivity index (χ2n) is 3.96. The molecule has 0 bridgehead atoms. The summed E-state index contributed by atoms with van der Waals surface area (Å²) in [6.45, 7) is 0.163. The lowest BCUT2D eigenvalue weighted by Gasteiger charge is -2.02. The summed E-state index contributed by atoms with van der Waals surface area (Å²) in [7, 11) is 0. The molecule has 20 heavy (non-hydrogen) atoms. The van der Waals surface area contributed by atoms with Crippen LogP contribution in [0.2, 0.25) is 0 Å². The maximum Gasteiger partial charge on any atom is 0.261 e. The molecule has 0 unspecified atom stereocenters. The molecular weight excluding hydrogens is 258 g/mol. The van der Waals surface area contributed by atoms with Gasteiger partial charge in [0.05, 0.1) is 23.5 Å². The third kappa shape index (κ3) is 2.52. The molecule has 0 atom stereocenters. The number of nitriles is 1. The lowest BCUT2D eigenvalue weighted by Crippen LogP contribution is -1.97. The first kappa shape index (κ1) is 12.0. The lowest BCUT2D eigenvalue weighted by atomic mass is 10.2. The Morgan fingerprint density at radius 3 is 3.05 bits per heavy atom. The monoisotopic (exact) mass is 267 g/mol. The van der Waals surface area contributed by atoms with Crippen LogP contribution in [0.5, 0.6) is 5.75 Å². The van der Waals surface area contributed by atoms with Crippen LogP contribution in [0.15, 0.2) is 51.8 Å². The summed E-state index contributed by atoms with van der Waals surface area (Å²) in [5.74, 6) is 1.38. The van der Waals surface area contributed by atoms with Gasteiger partial charge in [-0.1, -0.05) is 11.2 Å². The Bertz CT molecular complexity index is 741. The molecule has 0 saturated carbocycles. The van der Waals surface area contributed by atoms with Gasteiger partial charge >= 0.3 is 0 Å². The van der Waals surface area contributed by atoms with Crippen LogP contribution in [0.1, 0.15) is 11.4 Å². The van der Waals surface area contributed by atoms with Crippen molar-refractivity contribution in [1.82, 2.24) is 10.1 Å². The SMILES string of the molecule is N#Cc1cccc(OCc2noc(-c3ccoc3)n2)c1. The van der Waals surface area contributed by atoms with Crippen LogP contribution in [0.4, 0.5) is 0 Å². The van der Waals surface area contributed by atoms with Crippen molar-refractivity contribution in [1.29, 1.82) is 5.26 Å². The van der Waals surface area contributed by atoms with Gasteiger partial charge < -0.3 is 13.7 Å². The van der Waals surface area contributed by atoms with Gasteiger partial charge in [0.1, 0.15) is 12.0 Å². The molecule has 6 heteroatoms. The molecule has 6 nitrogen and oxygen atoms in total. The summed E-state index contributed by atoms with van der Waals surface area (Å²) in [5, 5.41) is 12.6. The van der Waals surface area contributed by atoms with E-state index < -0.39 is 0 Å². The highest BCUT2D eigenvalue weighted by molar-refractivity contribution is 5.49. The van der Waals surface area contributed by atoms with Crippen LogP contribution < -0.4 is 4.74 Å². The fourth-order valence-corrected chi connectivity index (χ4v) is 1.62. The molecule has 0 aliphatic carbocycles. The molecule has 0 saturated heterocycles. The fraction of sp³-hybridized carbons (Fsp3) is 0.0714. The van der Waals surface area contributed by atoms with Gasteiger partial charge in [0.25, 0.3) is 5.89 Å². The molecule has 0 aliphatic rings. The normalized spacial score (nSPS) is 10.2. The molecule has 0 spiro atoms. The second-order valence-corrected chi connectivity index (χ2v) is 3.96. The van der Waals surface area contributed by atoms with Gasteiger partial charge in [-0.25, -0.2) is 0 Å². The van der Waals surface area contributed by atoms with Crippen molar-refractivity contribution in [2.24, 2.45) is 0 Å². The minimum Gasteiger partial charge on any atom is -0.485 e. The minimum atomic E-state index is 0.163. The molecule has 0 radical (unpaired) electrons. The highest BCUT2D eigenvalue weighted by Crippen LogP contribution is 2.18. The summed E-state index contributed by atoms with van der Waals surface area (Å²) in [4.78, 5) is 4.18. The van der Waals surface area contributed by atoms with E-state index in [1.54, 1.807) is 30.3 Å². The Hall–Kier alpha value is -3.07. The average molecular weight is 267 g/mol. The Balaban J connectivity index is 1.68. The zero-order valence-electron chi connectivity index (χ0n) is 10.3. The summed E-state index contributed by atoms with van der Waals surface area (Å²) < 4.78 is 15.5. The van der Waals surface area contributed by atoms with Crippen molar-refractivity contribution in [2.75, 3.05) is 0 Å². The van der Waals surface area contributed by atoms with E-state index in [0.717, 1.165) is 5.56 Å². The number of aromatic nitrogens is 2. The molecule has 0 amide bonds. The molecule has 1 aromatic carbocycles. The van der Waals surface area contributed by atoms with Gasteiger partial charge in [0.2, 0.25) is 5.82 Å². The number of nitrogens with zero attached hydrogens (tertiary/aromatic N) is 3. The van der Waals surface area contributed by atoms with Crippen molar-refractivity contribution < 1.29 is 13.7 Å². The third-order valence-electron chi connectivity index (χ3n) is 2.57. The third-order valence-corrected chi connectivity index (χ3v) is 2.57. The molecule has 2 heterocycles. The number of rotatable bonds is 4. The van der Waals surface area contributed by atoms with Crippen LogP contribution in [0.3, 0.4) is 0 Å². The molecule has 3 rings (SSSR count). The van der Waals surface area contributed by atoms with Gasteiger partial charge in [-0.3, -0.25) is 0 Å². The van der Waals surface area contributed by atoms with Crippen molar-refractivity contribution >= 4 is 0 Å². The Morgan fingerprint density at radius 1 is 1.30 bits per heavy atom. The lowest BCUT2D eigenvalue weighted by molar-refractivity contribution is 0.287. The first-order valence-electron chi connectivity index (χ1n) is 5.83. The number of furan rings is 1. The first-order chi connectivity index (χ1) is 9.85. The van der Waals surface area contributed by atoms with E-state index in [2.05, 4.69) is 10.1 Å². The largest absolute Gasteiger partial charge is 0.485 e. The number of ether oxygens (including phenoxy) is 1. The summed E-state index contributed by atoms with van der Waals surface area (Å²) in [6, 6.07) is 10.6.